The average Bonchev–Trinajstić information content (AvgIpc) is 2.64. The van der Waals surface area contributed by atoms with Crippen LogP contribution in [0.4, 0.5) is 5.69 Å². The van der Waals surface area contributed by atoms with Gasteiger partial charge in [-0.25, -0.2) is 0 Å². The van der Waals surface area contributed by atoms with Gasteiger partial charge in [-0.15, -0.1) is 5.10 Å². The molecule has 3 rings (SSSR count). The van der Waals surface area contributed by atoms with Crippen molar-refractivity contribution in [1.82, 2.24) is 15.0 Å². The van der Waals surface area contributed by atoms with Crippen molar-refractivity contribution in [2.24, 2.45) is 0 Å². The first-order chi connectivity index (χ1) is 12.5. The van der Waals surface area contributed by atoms with Crippen molar-refractivity contribution < 1.29 is 9.59 Å². The van der Waals surface area contributed by atoms with E-state index in [0.29, 0.717) is 28.6 Å². The molecule has 0 aliphatic heterocycles. The minimum Gasteiger partial charge on any atom is -0.324 e. The third kappa shape index (κ3) is 3.37. The molecule has 1 heterocycles. The number of carbonyl (C=O) groups excluding carboxylic acids is 2. The van der Waals surface area contributed by atoms with Gasteiger partial charge in [-0.05, 0) is 37.6 Å². The number of nitrogens with one attached hydrogen (secondary N) is 1. The average molecular weight is 350 g/mol. The maximum atomic E-state index is 12.7. The first kappa shape index (κ1) is 17.5. The predicted molar refractivity (Wildman–Crippen MR) is 98.2 cm³/mol. The number of hydrogen-bond donors (Lipinski definition) is 1. The Labute approximate surface area is 149 Å². The Hall–Kier alpha value is -3.35. The Balaban J connectivity index is 1.93. The molecule has 1 amide bonds. The zero-order chi connectivity index (χ0) is 18.7. The van der Waals surface area contributed by atoms with Gasteiger partial charge in [0, 0.05) is 11.3 Å². The van der Waals surface area contributed by atoms with E-state index in [-0.39, 0.29) is 17.2 Å². The van der Waals surface area contributed by atoms with Crippen LogP contribution in [0.15, 0.2) is 53.3 Å². The fourth-order valence-corrected chi connectivity index (χ4v) is 2.72. The second-order valence-electron chi connectivity index (χ2n) is 5.91. The Morgan fingerprint density at radius 3 is 2.65 bits per heavy atom. The van der Waals surface area contributed by atoms with E-state index >= 15 is 0 Å². The van der Waals surface area contributed by atoms with Crippen LogP contribution in [0.2, 0.25) is 0 Å². The largest absolute Gasteiger partial charge is 0.324 e. The fourth-order valence-electron chi connectivity index (χ4n) is 2.72. The van der Waals surface area contributed by atoms with E-state index in [4.69, 9.17) is 0 Å². The highest BCUT2D eigenvalue weighted by Crippen LogP contribution is 2.16. The lowest BCUT2D eigenvalue weighted by molar-refractivity contribution is -0.119. The van der Waals surface area contributed by atoms with E-state index in [1.165, 1.54) is 6.92 Å². The number of hydrogen-bond acceptors (Lipinski definition) is 5. The van der Waals surface area contributed by atoms with Gasteiger partial charge in [0.05, 0.1) is 5.39 Å². The minimum atomic E-state index is -0.805. The number of Topliss-reactive ketones (excluding diaryl/α,β-unsaturated/α-hetero) is 1. The molecule has 0 bridgehead atoms. The van der Waals surface area contributed by atoms with Crippen LogP contribution in [0.1, 0.15) is 36.7 Å². The number of fused-ring (bicyclic) bond motifs is 1. The molecule has 0 saturated heterocycles. The lowest BCUT2D eigenvalue weighted by Crippen LogP contribution is -2.35. The molecule has 0 aliphatic carbocycles. The second-order valence-corrected chi connectivity index (χ2v) is 5.91. The number of rotatable bonds is 5. The van der Waals surface area contributed by atoms with Crippen molar-refractivity contribution in [2.45, 2.75) is 26.3 Å². The van der Waals surface area contributed by atoms with E-state index < -0.39 is 6.04 Å². The van der Waals surface area contributed by atoms with Crippen LogP contribution < -0.4 is 10.9 Å². The van der Waals surface area contributed by atoms with Crippen LogP contribution in [0.3, 0.4) is 0 Å². The lowest BCUT2D eigenvalue weighted by atomic mass is 10.1. The van der Waals surface area contributed by atoms with E-state index in [0.717, 1.165) is 4.68 Å². The number of benzene rings is 2. The van der Waals surface area contributed by atoms with Gasteiger partial charge in [-0.3, -0.25) is 14.4 Å². The molecular weight excluding hydrogens is 332 g/mol. The molecular formula is C19H18N4O3. The molecule has 1 N–H and O–H groups in total. The van der Waals surface area contributed by atoms with Gasteiger partial charge in [-0.2, -0.15) is 4.68 Å². The van der Waals surface area contributed by atoms with Crippen molar-refractivity contribution in [3.63, 3.8) is 0 Å². The summed E-state index contributed by atoms with van der Waals surface area (Å²) < 4.78 is 1.10. The number of ketones is 1. The molecule has 132 valence electrons. The molecule has 0 spiro atoms. The summed E-state index contributed by atoms with van der Waals surface area (Å²) in [5.41, 5.74) is 1.11. The van der Waals surface area contributed by atoms with Crippen LogP contribution in [0, 0.1) is 0 Å². The summed E-state index contributed by atoms with van der Waals surface area (Å²) >= 11 is 0. The van der Waals surface area contributed by atoms with Crippen LogP contribution in [0.25, 0.3) is 10.9 Å². The van der Waals surface area contributed by atoms with E-state index in [2.05, 4.69) is 15.6 Å². The van der Waals surface area contributed by atoms with E-state index in [1.54, 1.807) is 55.5 Å². The maximum Gasteiger partial charge on any atom is 0.278 e. The number of nitrogens with zero attached hydrogens (tertiary/aromatic N) is 3. The summed E-state index contributed by atoms with van der Waals surface area (Å²) in [7, 11) is 0. The third-order valence-corrected chi connectivity index (χ3v) is 4.11. The Kier molecular flexibility index (Phi) is 4.88. The molecule has 7 nitrogen and oxygen atoms in total. The van der Waals surface area contributed by atoms with Crippen LogP contribution in [-0.2, 0) is 4.79 Å². The van der Waals surface area contributed by atoms with Gasteiger partial charge in [0.25, 0.3) is 5.56 Å². The van der Waals surface area contributed by atoms with Gasteiger partial charge >= 0.3 is 0 Å². The summed E-state index contributed by atoms with van der Waals surface area (Å²) in [5.74, 6) is -0.482. The first-order valence-electron chi connectivity index (χ1n) is 8.27. The molecule has 3 aromatic rings. The van der Waals surface area contributed by atoms with Crippen molar-refractivity contribution in [3.05, 3.63) is 64.4 Å². The lowest BCUT2D eigenvalue weighted by Gasteiger charge is -2.16. The number of anilines is 1. The molecule has 0 aliphatic rings. The molecule has 1 atom stereocenters. The molecule has 0 radical (unpaired) electrons. The summed E-state index contributed by atoms with van der Waals surface area (Å²) in [6, 6.07) is 12.7. The predicted octanol–water partition coefficient (Wildman–Crippen LogP) is 2.58. The van der Waals surface area contributed by atoms with Crippen molar-refractivity contribution in [1.29, 1.82) is 0 Å². The zero-order valence-corrected chi connectivity index (χ0v) is 14.5. The summed E-state index contributed by atoms with van der Waals surface area (Å²) in [4.78, 5) is 36.8. The normalized spacial score (nSPS) is 11.9. The van der Waals surface area contributed by atoms with Crippen LogP contribution >= 0.6 is 0 Å². The zero-order valence-electron chi connectivity index (χ0n) is 14.5. The van der Waals surface area contributed by atoms with Crippen molar-refractivity contribution in [2.75, 3.05) is 5.32 Å². The quantitative estimate of drug-likeness (QED) is 0.714. The molecule has 1 aromatic heterocycles. The topological polar surface area (TPSA) is 93.9 Å². The highest BCUT2D eigenvalue weighted by atomic mass is 16.2. The Morgan fingerprint density at radius 1 is 1.15 bits per heavy atom. The molecule has 7 heteroatoms. The third-order valence-electron chi connectivity index (χ3n) is 4.11. The van der Waals surface area contributed by atoms with Crippen LogP contribution in [0.5, 0.6) is 0 Å². The minimum absolute atomic E-state index is 0.0928. The summed E-state index contributed by atoms with van der Waals surface area (Å²) in [5, 5.41) is 11.1. The van der Waals surface area contributed by atoms with Gasteiger partial charge in [0.15, 0.2) is 5.78 Å². The van der Waals surface area contributed by atoms with Gasteiger partial charge in [0.2, 0.25) is 5.91 Å². The van der Waals surface area contributed by atoms with E-state index in [1.807, 2.05) is 0 Å². The van der Waals surface area contributed by atoms with Crippen molar-refractivity contribution >= 4 is 28.3 Å². The second kappa shape index (κ2) is 7.26. The van der Waals surface area contributed by atoms with Crippen molar-refractivity contribution in [3.8, 4) is 0 Å². The molecule has 2 aromatic carbocycles. The number of carbonyl (C=O) groups is 2. The van der Waals surface area contributed by atoms with Gasteiger partial charge in [0.1, 0.15) is 11.6 Å². The van der Waals surface area contributed by atoms with E-state index in [9.17, 15) is 14.4 Å². The summed E-state index contributed by atoms with van der Waals surface area (Å²) in [6.45, 7) is 3.25. The Bertz CT molecular complexity index is 1040. The first-order valence-corrected chi connectivity index (χ1v) is 8.27. The summed E-state index contributed by atoms with van der Waals surface area (Å²) in [6.07, 6.45) is 0.366. The molecule has 0 saturated carbocycles. The Morgan fingerprint density at radius 2 is 1.92 bits per heavy atom. The van der Waals surface area contributed by atoms with Gasteiger partial charge < -0.3 is 5.32 Å². The number of amides is 1. The standard InChI is InChI=1S/C19H18N4O3/c1-3-17(18(25)20-14-8-6-7-13(11-14)12(2)24)23-19(26)15-9-4-5-10-16(15)21-22-23/h4-11,17H,3H2,1-2H3,(H,20,25). The highest BCUT2D eigenvalue weighted by Gasteiger charge is 2.22. The SMILES string of the molecule is CCC(C(=O)Nc1cccc(C(C)=O)c1)n1nnc2ccccc2c1=O. The highest BCUT2D eigenvalue weighted by molar-refractivity contribution is 5.98. The smallest absolute Gasteiger partial charge is 0.278 e. The van der Waals surface area contributed by atoms with Crippen LogP contribution in [-0.4, -0.2) is 26.7 Å². The maximum absolute atomic E-state index is 12.7. The molecule has 26 heavy (non-hydrogen) atoms. The van der Waals surface area contributed by atoms with Gasteiger partial charge in [-0.1, -0.05) is 36.4 Å². The monoisotopic (exact) mass is 350 g/mol. The fraction of sp³-hybridized carbons (Fsp3) is 0.211. The number of aromatic nitrogens is 3. The molecule has 0 fully saturated rings. The molecule has 1 unspecified atom stereocenters.